The number of rotatable bonds is 5. The maximum Gasteiger partial charge on any atom is 0.0558 e. The lowest BCUT2D eigenvalue weighted by Crippen LogP contribution is -2.53. The van der Waals surface area contributed by atoms with Gasteiger partial charge in [-0.1, -0.05) is 13.8 Å². The molecule has 0 amide bonds. The first-order valence-corrected chi connectivity index (χ1v) is 7.98. The topological polar surface area (TPSA) is 30.0 Å². The maximum absolute atomic E-state index is 8.97. The van der Waals surface area contributed by atoms with Crippen molar-refractivity contribution in [1.29, 1.82) is 0 Å². The van der Waals surface area contributed by atoms with Crippen LogP contribution in [0.2, 0.25) is 0 Å². The zero-order valence-electron chi connectivity index (χ0n) is 12.7. The van der Waals surface area contributed by atoms with Crippen LogP contribution in [0.25, 0.3) is 0 Å². The van der Waals surface area contributed by atoms with E-state index in [-0.39, 0.29) is 0 Å². The zero-order chi connectivity index (χ0) is 13.7. The third-order valence-electron chi connectivity index (χ3n) is 4.52. The van der Waals surface area contributed by atoms with E-state index in [1.807, 2.05) is 0 Å². The van der Waals surface area contributed by atoms with Crippen LogP contribution in [0.3, 0.4) is 0 Å². The van der Waals surface area contributed by atoms with Gasteiger partial charge in [0.2, 0.25) is 0 Å². The van der Waals surface area contributed by atoms with Crippen LogP contribution in [0, 0.1) is 5.92 Å². The molecular weight excluding hydrogens is 238 g/mol. The predicted molar refractivity (Wildman–Crippen MR) is 79.4 cm³/mol. The van der Waals surface area contributed by atoms with Crippen LogP contribution >= 0.6 is 0 Å². The molecule has 0 spiro atoms. The molecule has 4 nitrogen and oxygen atoms in total. The minimum atomic E-state index is 0.299. The monoisotopic (exact) mass is 269 g/mol. The number of nitrogens with zero attached hydrogens (tertiary/aromatic N) is 3. The highest BCUT2D eigenvalue weighted by Gasteiger charge is 2.27. The lowest BCUT2D eigenvalue weighted by atomic mass is 10.0. The average Bonchev–Trinajstić information content (AvgIpc) is 2.40. The molecule has 19 heavy (non-hydrogen) atoms. The zero-order valence-corrected chi connectivity index (χ0v) is 12.7. The average molecular weight is 269 g/mol. The summed E-state index contributed by atoms with van der Waals surface area (Å²) in [6.45, 7) is 14.2. The first-order chi connectivity index (χ1) is 9.19. The second-order valence-electron chi connectivity index (χ2n) is 6.53. The van der Waals surface area contributed by atoms with Gasteiger partial charge in [-0.3, -0.25) is 9.80 Å². The second-order valence-corrected chi connectivity index (χ2v) is 6.53. The van der Waals surface area contributed by atoms with E-state index in [1.54, 1.807) is 0 Å². The van der Waals surface area contributed by atoms with E-state index in [2.05, 4.69) is 28.5 Å². The van der Waals surface area contributed by atoms with Crippen LogP contribution in [0.15, 0.2) is 0 Å². The van der Waals surface area contributed by atoms with Gasteiger partial charge >= 0.3 is 0 Å². The molecule has 0 unspecified atom stereocenters. The van der Waals surface area contributed by atoms with Gasteiger partial charge in [-0.05, 0) is 31.8 Å². The largest absolute Gasteiger partial charge is 0.395 e. The SMILES string of the molecule is CC(C)CN1CCC(N2CCN(CCO)CC2)CC1. The Labute approximate surface area is 118 Å². The lowest BCUT2D eigenvalue weighted by Gasteiger charge is -2.43. The van der Waals surface area contributed by atoms with Gasteiger partial charge in [-0.15, -0.1) is 0 Å². The summed E-state index contributed by atoms with van der Waals surface area (Å²) >= 11 is 0. The highest BCUT2D eigenvalue weighted by molar-refractivity contribution is 4.83. The van der Waals surface area contributed by atoms with E-state index in [0.29, 0.717) is 6.61 Å². The Balaban J connectivity index is 1.68. The molecule has 112 valence electrons. The number of β-amino-alcohol motifs (C(OH)–C–C–N with tert-alkyl or cyclic N) is 1. The van der Waals surface area contributed by atoms with Gasteiger partial charge in [0.1, 0.15) is 0 Å². The van der Waals surface area contributed by atoms with Crippen molar-refractivity contribution < 1.29 is 5.11 Å². The molecule has 0 aliphatic carbocycles. The summed E-state index contributed by atoms with van der Waals surface area (Å²) in [7, 11) is 0. The molecule has 0 bridgehead atoms. The number of piperazine rings is 1. The lowest BCUT2D eigenvalue weighted by molar-refractivity contribution is 0.0510. The number of aliphatic hydroxyl groups excluding tert-OH is 1. The van der Waals surface area contributed by atoms with Crippen molar-refractivity contribution >= 4 is 0 Å². The quantitative estimate of drug-likeness (QED) is 0.796. The minimum Gasteiger partial charge on any atom is -0.395 e. The molecule has 2 rings (SSSR count). The molecule has 0 aromatic rings. The van der Waals surface area contributed by atoms with E-state index in [1.165, 1.54) is 45.6 Å². The van der Waals surface area contributed by atoms with Crippen LogP contribution < -0.4 is 0 Å². The first kappa shape index (κ1) is 15.2. The Morgan fingerprint density at radius 3 is 2.11 bits per heavy atom. The van der Waals surface area contributed by atoms with Crippen molar-refractivity contribution in [2.45, 2.75) is 32.7 Å². The van der Waals surface area contributed by atoms with Crippen LogP contribution in [0.4, 0.5) is 0 Å². The number of hydrogen-bond donors (Lipinski definition) is 1. The van der Waals surface area contributed by atoms with Crippen molar-refractivity contribution in [2.75, 3.05) is 59.0 Å². The van der Waals surface area contributed by atoms with Crippen molar-refractivity contribution in [3.05, 3.63) is 0 Å². The maximum atomic E-state index is 8.97. The molecule has 0 saturated carbocycles. The molecule has 2 saturated heterocycles. The number of likely N-dealkylation sites (tertiary alicyclic amines) is 1. The van der Waals surface area contributed by atoms with Gasteiger partial charge in [-0.25, -0.2) is 0 Å². The van der Waals surface area contributed by atoms with E-state index < -0.39 is 0 Å². The highest BCUT2D eigenvalue weighted by atomic mass is 16.3. The Morgan fingerprint density at radius 1 is 0.947 bits per heavy atom. The fraction of sp³-hybridized carbons (Fsp3) is 1.00. The van der Waals surface area contributed by atoms with Crippen LogP contribution in [-0.4, -0.2) is 84.8 Å². The van der Waals surface area contributed by atoms with Crippen LogP contribution in [0.5, 0.6) is 0 Å². The van der Waals surface area contributed by atoms with Gasteiger partial charge in [0.25, 0.3) is 0 Å². The summed E-state index contributed by atoms with van der Waals surface area (Å²) in [5.74, 6) is 0.790. The van der Waals surface area contributed by atoms with Gasteiger partial charge < -0.3 is 10.0 Å². The van der Waals surface area contributed by atoms with Gasteiger partial charge in [0, 0.05) is 45.3 Å². The summed E-state index contributed by atoms with van der Waals surface area (Å²) in [6, 6.07) is 0.805. The Morgan fingerprint density at radius 2 is 1.58 bits per heavy atom. The summed E-state index contributed by atoms with van der Waals surface area (Å²) < 4.78 is 0. The molecule has 2 aliphatic rings. The van der Waals surface area contributed by atoms with E-state index in [4.69, 9.17) is 5.11 Å². The Hall–Kier alpha value is -0.160. The molecule has 2 aliphatic heterocycles. The molecule has 0 atom stereocenters. The van der Waals surface area contributed by atoms with E-state index >= 15 is 0 Å². The number of hydrogen-bond acceptors (Lipinski definition) is 4. The summed E-state index contributed by atoms with van der Waals surface area (Å²) in [5, 5.41) is 8.97. The highest BCUT2D eigenvalue weighted by Crippen LogP contribution is 2.19. The second kappa shape index (κ2) is 7.58. The molecule has 0 aromatic heterocycles. The van der Waals surface area contributed by atoms with Crippen molar-refractivity contribution in [3.8, 4) is 0 Å². The van der Waals surface area contributed by atoms with E-state index in [9.17, 15) is 0 Å². The van der Waals surface area contributed by atoms with E-state index in [0.717, 1.165) is 31.6 Å². The molecule has 4 heteroatoms. The standard InChI is InChI=1S/C15H31N3O/c1-14(2)13-17-5-3-15(4-6-17)18-9-7-16(8-10-18)11-12-19/h14-15,19H,3-13H2,1-2H3. The molecule has 2 heterocycles. The summed E-state index contributed by atoms with van der Waals surface area (Å²) in [4.78, 5) is 7.69. The van der Waals surface area contributed by atoms with Crippen LogP contribution in [-0.2, 0) is 0 Å². The molecule has 0 aromatic carbocycles. The third kappa shape index (κ3) is 4.71. The van der Waals surface area contributed by atoms with Gasteiger partial charge in [-0.2, -0.15) is 0 Å². The minimum absolute atomic E-state index is 0.299. The fourth-order valence-electron chi connectivity index (χ4n) is 3.48. The predicted octanol–water partition coefficient (Wildman–Crippen LogP) is 0.717. The molecular formula is C15H31N3O. The summed E-state index contributed by atoms with van der Waals surface area (Å²) in [5.41, 5.74) is 0. The van der Waals surface area contributed by atoms with Crippen molar-refractivity contribution in [3.63, 3.8) is 0 Å². The normalized spacial score (nSPS) is 25.3. The summed E-state index contributed by atoms with van der Waals surface area (Å²) in [6.07, 6.45) is 2.68. The van der Waals surface area contributed by atoms with Crippen molar-refractivity contribution in [2.24, 2.45) is 5.92 Å². The Kier molecular flexibility index (Phi) is 6.07. The third-order valence-corrected chi connectivity index (χ3v) is 4.52. The Bertz CT molecular complexity index is 244. The number of aliphatic hydroxyl groups is 1. The number of piperidine rings is 1. The van der Waals surface area contributed by atoms with Crippen LogP contribution in [0.1, 0.15) is 26.7 Å². The van der Waals surface area contributed by atoms with Crippen molar-refractivity contribution in [1.82, 2.24) is 14.7 Å². The van der Waals surface area contributed by atoms with Gasteiger partial charge in [0.05, 0.1) is 6.61 Å². The molecule has 1 N–H and O–H groups in total. The smallest absolute Gasteiger partial charge is 0.0558 e. The molecule has 0 radical (unpaired) electrons. The first-order valence-electron chi connectivity index (χ1n) is 7.98. The molecule has 2 fully saturated rings. The van der Waals surface area contributed by atoms with Gasteiger partial charge in [0.15, 0.2) is 0 Å². The fourth-order valence-corrected chi connectivity index (χ4v) is 3.48.